The zero-order chi connectivity index (χ0) is 21.5. The van der Waals surface area contributed by atoms with Crippen molar-refractivity contribution in [1.82, 2.24) is 10.6 Å². The van der Waals surface area contributed by atoms with E-state index in [4.69, 9.17) is 14.2 Å². The normalized spacial score (nSPS) is 12.4. The molecule has 2 N–H and O–H groups in total. The Morgan fingerprint density at radius 1 is 1.13 bits per heavy atom. The number of aliphatic imine (C=N–C) groups is 1. The second kappa shape index (κ2) is 11.8. The van der Waals surface area contributed by atoms with Gasteiger partial charge in [-0.2, -0.15) is 8.78 Å². The first-order valence-corrected chi connectivity index (χ1v) is 9.45. The standard InChI is InChI=1S/C21H25F2N3O4.HI/c1-13-4-5-14(8-16(13)27-3)6-7-25-21(24-2)26-11-15-9-18-19(29-12-28-18)10-17(15)30-20(22)23;/h4-5,8-10,20H,6-7,11-12H2,1-3H3,(H2,24,25,26);1H. The van der Waals surface area contributed by atoms with E-state index in [1.165, 1.54) is 6.07 Å². The molecule has 0 aliphatic carbocycles. The Hall–Kier alpha value is -2.50. The first-order valence-electron chi connectivity index (χ1n) is 9.45. The molecule has 0 bridgehead atoms. The zero-order valence-corrected chi connectivity index (χ0v) is 19.9. The highest BCUT2D eigenvalue weighted by Gasteiger charge is 2.20. The maximum atomic E-state index is 12.8. The lowest BCUT2D eigenvalue weighted by Crippen LogP contribution is -2.38. The number of guanidine groups is 1. The molecule has 31 heavy (non-hydrogen) atoms. The molecule has 0 saturated heterocycles. The summed E-state index contributed by atoms with van der Waals surface area (Å²) in [7, 11) is 3.29. The predicted molar refractivity (Wildman–Crippen MR) is 124 cm³/mol. The molecule has 1 heterocycles. The number of hydrogen-bond acceptors (Lipinski definition) is 5. The smallest absolute Gasteiger partial charge is 0.387 e. The van der Waals surface area contributed by atoms with E-state index in [0.717, 1.165) is 23.3 Å². The number of hydrogen-bond donors (Lipinski definition) is 2. The molecule has 0 atom stereocenters. The molecule has 0 unspecified atom stereocenters. The van der Waals surface area contributed by atoms with E-state index in [1.807, 2.05) is 19.1 Å². The highest BCUT2D eigenvalue weighted by atomic mass is 127. The fourth-order valence-corrected chi connectivity index (χ4v) is 3.05. The lowest BCUT2D eigenvalue weighted by molar-refractivity contribution is -0.0505. The average molecular weight is 549 g/mol. The summed E-state index contributed by atoms with van der Waals surface area (Å²) >= 11 is 0. The Morgan fingerprint density at radius 2 is 1.87 bits per heavy atom. The molecule has 0 amide bonds. The van der Waals surface area contributed by atoms with E-state index in [2.05, 4.69) is 26.4 Å². The number of fused-ring (bicyclic) bond motifs is 1. The van der Waals surface area contributed by atoms with Crippen molar-refractivity contribution in [2.45, 2.75) is 26.5 Å². The number of aryl methyl sites for hydroxylation is 1. The van der Waals surface area contributed by atoms with Crippen molar-refractivity contribution in [3.8, 4) is 23.0 Å². The lowest BCUT2D eigenvalue weighted by atomic mass is 10.1. The molecule has 1 aliphatic heterocycles. The van der Waals surface area contributed by atoms with Crippen LogP contribution in [0.5, 0.6) is 23.0 Å². The molecule has 0 aromatic heterocycles. The van der Waals surface area contributed by atoms with Gasteiger partial charge in [0.15, 0.2) is 17.5 Å². The molecular formula is C21H26F2IN3O4. The van der Waals surface area contributed by atoms with E-state index >= 15 is 0 Å². The molecule has 2 aromatic carbocycles. The molecular weight excluding hydrogens is 523 g/mol. The van der Waals surface area contributed by atoms with Crippen LogP contribution < -0.4 is 29.6 Å². The van der Waals surface area contributed by atoms with E-state index in [0.29, 0.717) is 29.6 Å². The maximum absolute atomic E-state index is 12.8. The summed E-state index contributed by atoms with van der Waals surface area (Å²) in [5, 5.41) is 6.31. The minimum atomic E-state index is -2.94. The molecule has 3 rings (SSSR count). The van der Waals surface area contributed by atoms with Gasteiger partial charge in [-0.15, -0.1) is 24.0 Å². The third kappa shape index (κ3) is 6.74. The summed E-state index contributed by atoms with van der Waals surface area (Å²) in [5.74, 6) is 2.29. The fourth-order valence-electron chi connectivity index (χ4n) is 3.05. The van der Waals surface area contributed by atoms with Gasteiger partial charge in [0.25, 0.3) is 0 Å². The number of alkyl halides is 2. The van der Waals surface area contributed by atoms with Crippen molar-refractivity contribution in [3.63, 3.8) is 0 Å². The number of ether oxygens (including phenoxy) is 4. The van der Waals surface area contributed by atoms with E-state index in [-0.39, 0.29) is 43.1 Å². The van der Waals surface area contributed by atoms with Gasteiger partial charge in [-0.3, -0.25) is 4.99 Å². The number of benzene rings is 2. The van der Waals surface area contributed by atoms with E-state index in [1.54, 1.807) is 20.2 Å². The lowest BCUT2D eigenvalue weighted by Gasteiger charge is -2.15. The molecule has 1 aliphatic rings. The van der Waals surface area contributed by atoms with Crippen molar-refractivity contribution >= 4 is 29.9 Å². The molecule has 7 nitrogen and oxygen atoms in total. The van der Waals surface area contributed by atoms with Crippen LogP contribution in [0.25, 0.3) is 0 Å². The van der Waals surface area contributed by atoms with Crippen LogP contribution >= 0.6 is 24.0 Å². The van der Waals surface area contributed by atoms with Crippen molar-refractivity contribution in [2.75, 3.05) is 27.5 Å². The van der Waals surface area contributed by atoms with Gasteiger partial charge < -0.3 is 29.6 Å². The van der Waals surface area contributed by atoms with Gasteiger partial charge in [-0.05, 0) is 36.6 Å². The molecule has 0 spiro atoms. The Bertz CT molecular complexity index is 912. The third-order valence-electron chi connectivity index (χ3n) is 4.62. The van der Waals surface area contributed by atoms with Gasteiger partial charge in [-0.25, -0.2) is 0 Å². The van der Waals surface area contributed by atoms with Crippen LogP contribution in [0, 0.1) is 6.92 Å². The molecule has 10 heteroatoms. The first kappa shape index (κ1) is 24.8. The summed E-state index contributed by atoms with van der Waals surface area (Å²) in [4.78, 5) is 4.17. The van der Waals surface area contributed by atoms with Crippen LogP contribution in [0.2, 0.25) is 0 Å². The summed E-state index contributed by atoms with van der Waals surface area (Å²) in [5.41, 5.74) is 2.71. The number of nitrogens with one attached hydrogen (secondary N) is 2. The van der Waals surface area contributed by atoms with Gasteiger partial charge in [0, 0.05) is 31.8 Å². The van der Waals surface area contributed by atoms with Crippen LogP contribution in [0.1, 0.15) is 16.7 Å². The van der Waals surface area contributed by atoms with Crippen LogP contribution in [0.3, 0.4) is 0 Å². The van der Waals surface area contributed by atoms with Gasteiger partial charge in [-0.1, -0.05) is 12.1 Å². The number of nitrogens with zero attached hydrogens (tertiary/aromatic N) is 1. The SMILES string of the molecule is CN=C(NCCc1ccc(C)c(OC)c1)NCc1cc2c(cc1OC(F)F)OCO2.I. The summed E-state index contributed by atoms with van der Waals surface area (Å²) < 4.78 is 46.1. The van der Waals surface area contributed by atoms with Crippen LogP contribution in [0.4, 0.5) is 8.78 Å². The first-order chi connectivity index (χ1) is 14.5. The average Bonchev–Trinajstić information content (AvgIpc) is 3.18. The molecule has 0 saturated carbocycles. The van der Waals surface area contributed by atoms with Gasteiger partial charge >= 0.3 is 6.61 Å². The minimum absolute atomic E-state index is 0. The second-order valence-electron chi connectivity index (χ2n) is 6.60. The largest absolute Gasteiger partial charge is 0.496 e. The van der Waals surface area contributed by atoms with Gasteiger partial charge in [0.1, 0.15) is 11.5 Å². The van der Waals surface area contributed by atoms with Crippen molar-refractivity contribution in [3.05, 3.63) is 47.0 Å². The zero-order valence-electron chi connectivity index (χ0n) is 17.5. The van der Waals surface area contributed by atoms with Crippen molar-refractivity contribution < 1.29 is 27.7 Å². The summed E-state index contributed by atoms with van der Waals surface area (Å²) in [6.45, 7) is -0.0419. The van der Waals surface area contributed by atoms with Crippen LogP contribution in [-0.4, -0.2) is 40.1 Å². The fraction of sp³-hybridized carbons (Fsp3) is 0.381. The van der Waals surface area contributed by atoms with Gasteiger partial charge in [0.05, 0.1) is 7.11 Å². The molecule has 170 valence electrons. The Balaban J connectivity index is 0.00000341. The van der Waals surface area contributed by atoms with Crippen molar-refractivity contribution in [1.29, 1.82) is 0 Å². The monoisotopic (exact) mass is 549 g/mol. The predicted octanol–water partition coefficient (Wildman–Crippen LogP) is 3.86. The van der Waals surface area contributed by atoms with Crippen molar-refractivity contribution in [2.24, 2.45) is 4.99 Å². The van der Waals surface area contributed by atoms with Gasteiger partial charge in [0.2, 0.25) is 6.79 Å². The highest BCUT2D eigenvalue weighted by molar-refractivity contribution is 14.0. The number of rotatable bonds is 8. The van der Waals surface area contributed by atoms with Crippen LogP contribution in [-0.2, 0) is 13.0 Å². The summed E-state index contributed by atoms with van der Waals surface area (Å²) in [6, 6.07) is 9.11. The molecule has 2 aromatic rings. The van der Waals surface area contributed by atoms with Crippen LogP contribution in [0.15, 0.2) is 35.3 Å². The topological polar surface area (TPSA) is 73.3 Å². The minimum Gasteiger partial charge on any atom is -0.496 e. The molecule has 0 radical (unpaired) electrons. The highest BCUT2D eigenvalue weighted by Crippen LogP contribution is 2.38. The van der Waals surface area contributed by atoms with E-state index < -0.39 is 6.61 Å². The number of halogens is 3. The summed E-state index contributed by atoms with van der Waals surface area (Å²) in [6.07, 6.45) is 0.765. The maximum Gasteiger partial charge on any atom is 0.387 e. The Morgan fingerprint density at radius 3 is 2.55 bits per heavy atom. The second-order valence-corrected chi connectivity index (χ2v) is 6.60. The third-order valence-corrected chi connectivity index (χ3v) is 4.62. The Kier molecular flexibility index (Phi) is 9.41. The van der Waals surface area contributed by atoms with E-state index in [9.17, 15) is 8.78 Å². The molecule has 0 fully saturated rings. The number of methoxy groups -OCH3 is 1. The quantitative estimate of drug-likeness (QED) is 0.296. The Labute approximate surface area is 197 Å².